The maximum Gasteiger partial charge on any atom is 0.335 e. The highest BCUT2D eigenvalue weighted by Crippen LogP contribution is 2.18. The minimum absolute atomic E-state index is 0.0205. The second-order valence-corrected chi connectivity index (χ2v) is 6.63. The van der Waals surface area contributed by atoms with Gasteiger partial charge < -0.3 is 20.1 Å². The number of carboxylic acid groups (broad SMARTS) is 1. The predicted molar refractivity (Wildman–Crippen MR) is 103 cm³/mol. The number of ether oxygens (including phenoxy) is 1. The summed E-state index contributed by atoms with van der Waals surface area (Å²) >= 11 is 0. The number of rotatable bonds is 7. The van der Waals surface area contributed by atoms with Crippen molar-refractivity contribution in [3.8, 4) is 5.75 Å². The van der Waals surface area contributed by atoms with Crippen molar-refractivity contribution in [2.24, 2.45) is 0 Å². The van der Waals surface area contributed by atoms with E-state index in [0.717, 1.165) is 25.9 Å². The number of hydrogen-bond donors (Lipinski definition) is 2. The van der Waals surface area contributed by atoms with Gasteiger partial charge in [0.25, 0.3) is 5.91 Å². The van der Waals surface area contributed by atoms with Crippen LogP contribution in [0.4, 0.5) is 5.69 Å². The zero-order chi connectivity index (χ0) is 19.9. The average molecular weight is 382 g/mol. The van der Waals surface area contributed by atoms with Crippen molar-refractivity contribution in [3.63, 3.8) is 0 Å². The predicted octanol–water partition coefficient (Wildman–Crippen LogP) is 2.57. The second-order valence-electron chi connectivity index (χ2n) is 6.63. The highest BCUT2D eigenvalue weighted by Gasteiger charge is 2.18. The highest BCUT2D eigenvalue weighted by molar-refractivity contribution is 5.93. The molecule has 0 spiro atoms. The smallest absolute Gasteiger partial charge is 0.335 e. The Bertz CT molecular complexity index is 857. The van der Waals surface area contributed by atoms with Crippen molar-refractivity contribution >= 4 is 23.5 Å². The number of likely N-dealkylation sites (tertiary alicyclic amines) is 1. The zero-order valence-corrected chi connectivity index (χ0v) is 15.4. The minimum Gasteiger partial charge on any atom is -0.484 e. The van der Waals surface area contributed by atoms with E-state index in [1.165, 1.54) is 12.1 Å². The van der Waals surface area contributed by atoms with E-state index >= 15 is 0 Å². The van der Waals surface area contributed by atoms with Crippen LogP contribution in [-0.4, -0.2) is 47.5 Å². The van der Waals surface area contributed by atoms with Gasteiger partial charge >= 0.3 is 5.97 Å². The molecule has 146 valence electrons. The Balaban J connectivity index is 1.52. The van der Waals surface area contributed by atoms with Crippen LogP contribution in [0, 0.1) is 0 Å². The quantitative estimate of drug-likeness (QED) is 0.767. The van der Waals surface area contributed by atoms with Crippen molar-refractivity contribution in [2.45, 2.75) is 19.3 Å². The summed E-state index contributed by atoms with van der Waals surface area (Å²) in [4.78, 5) is 36.9. The lowest BCUT2D eigenvalue weighted by molar-refractivity contribution is -0.132. The largest absolute Gasteiger partial charge is 0.484 e. The first-order chi connectivity index (χ1) is 13.5. The number of anilines is 1. The van der Waals surface area contributed by atoms with Crippen LogP contribution in [-0.2, 0) is 16.0 Å². The van der Waals surface area contributed by atoms with Crippen molar-refractivity contribution < 1.29 is 24.2 Å². The molecule has 1 saturated heterocycles. The molecule has 0 unspecified atom stereocenters. The molecule has 28 heavy (non-hydrogen) atoms. The lowest BCUT2D eigenvalue weighted by Crippen LogP contribution is -2.32. The van der Waals surface area contributed by atoms with E-state index in [9.17, 15) is 14.4 Å². The summed E-state index contributed by atoms with van der Waals surface area (Å²) in [6.45, 7) is 1.55. The minimum atomic E-state index is -1.00. The van der Waals surface area contributed by atoms with E-state index in [1.807, 2.05) is 0 Å². The third-order valence-electron chi connectivity index (χ3n) is 4.50. The van der Waals surface area contributed by atoms with Gasteiger partial charge in [-0.25, -0.2) is 4.79 Å². The number of carbonyl (C=O) groups excluding carboxylic acids is 2. The van der Waals surface area contributed by atoms with E-state index in [1.54, 1.807) is 41.3 Å². The molecule has 1 aliphatic heterocycles. The summed E-state index contributed by atoms with van der Waals surface area (Å²) in [6, 6.07) is 13.1. The van der Waals surface area contributed by atoms with Crippen LogP contribution in [0.5, 0.6) is 5.75 Å². The van der Waals surface area contributed by atoms with Crippen molar-refractivity contribution in [3.05, 3.63) is 59.7 Å². The van der Waals surface area contributed by atoms with Crippen molar-refractivity contribution in [1.29, 1.82) is 0 Å². The Morgan fingerprint density at radius 2 is 1.75 bits per heavy atom. The number of carboxylic acids is 1. The van der Waals surface area contributed by atoms with Crippen molar-refractivity contribution in [1.82, 2.24) is 4.90 Å². The number of nitrogens with zero attached hydrogens (tertiary/aromatic N) is 1. The molecule has 2 N–H and O–H groups in total. The molecule has 0 aromatic heterocycles. The average Bonchev–Trinajstić information content (AvgIpc) is 3.21. The Labute approximate surface area is 162 Å². The van der Waals surface area contributed by atoms with E-state index in [-0.39, 0.29) is 30.4 Å². The molecule has 1 fully saturated rings. The lowest BCUT2D eigenvalue weighted by atomic mass is 10.1. The molecule has 0 saturated carbocycles. The van der Waals surface area contributed by atoms with Crippen LogP contribution in [0.2, 0.25) is 0 Å². The van der Waals surface area contributed by atoms with Gasteiger partial charge in [-0.15, -0.1) is 0 Å². The van der Waals surface area contributed by atoms with Crippen molar-refractivity contribution in [2.75, 3.05) is 25.0 Å². The molecule has 3 rings (SSSR count). The molecule has 7 heteroatoms. The molecule has 0 radical (unpaired) electrons. The van der Waals surface area contributed by atoms with Gasteiger partial charge in [0.2, 0.25) is 5.91 Å². The van der Waals surface area contributed by atoms with Gasteiger partial charge in [-0.2, -0.15) is 0 Å². The van der Waals surface area contributed by atoms with Gasteiger partial charge in [0, 0.05) is 24.8 Å². The number of amides is 2. The van der Waals surface area contributed by atoms with Crippen LogP contribution < -0.4 is 10.1 Å². The zero-order valence-electron chi connectivity index (χ0n) is 15.4. The molecular formula is C21H22N2O5. The Morgan fingerprint density at radius 3 is 2.43 bits per heavy atom. The van der Waals surface area contributed by atoms with Crippen LogP contribution in [0.15, 0.2) is 48.5 Å². The van der Waals surface area contributed by atoms with E-state index in [4.69, 9.17) is 9.84 Å². The summed E-state index contributed by atoms with van der Waals surface area (Å²) in [6.07, 6.45) is 2.19. The molecular weight excluding hydrogens is 360 g/mol. The normalized spacial score (nSPS) is 13.2. The number of hydrogen-bond acceptors (Lipinski definition) is 4. The summed E-state index contributed by atoms with van der Waals surface area (Å²) in [5, 5.41) is 11.7. The highest BCUT2D eigenvalue weighted by atomic mass is 16.5. The third kappa shape index (κ3) is 5.33. The summed E-state index contributed by atoms with van der Waals surface area (Å²) < 4.78 is 5.56. The van der Waals surface area contributed by atoms with Crippen LogP contribution in [0.25, 0.3) is 0 Å². The molecule has 2 aromatic rings. The monoisotopic (exact) mass is 382 g/mol. The molecule has 2 aromatic carbocycles. The maximum atomic E-state index is 12.2. The Morgan fingerprint density at radius 1 is 1.04 bits per heavy atom. The summed E-state index contributed by atoms with van der Waals surface area (Å²) in [7, 11) is 0. The van der Waals surface area contributed by atoms with E-state index < -0.39 is 5.97 Å². The van der Waals surface area contributed by atoms with Gasteiger partial charge in [0.05, 0.1) is 12.0 Å². The van der Waals surface area contributed by atoms with Gasteiger partial charge in [-0.05, 0) is 42.7 Å². The molecule has 1 heterocycles. The number of nitrogens with one attached hydrogen (secondary N) is 1. The van der Waals surface area contributed by atoms with Crippen LogP contribution >= 0.6 is 0 Å². The molecule has 2 amide bonds. The van der Waals surface area contributed by atoms with Gasteiger partial charge in [0.15, 0.2) is 6.61 Å². The van der Waals surface area contributed by atoms with Crippen LogP contribution in [0.1, 0.15) is 28.8 Å². The van der Waals surface area contributed by atoms with Crippen LogP contribution in [0.3, 0.4) is 0 Å². The Hall–Kier alpha value is -3.35. The third-order valence-corrected chi connectivity index (χ3v) is 4.50. The molecule has 0 bridgehead atoms. The first-order valence-electron chi connectivity index (χ1n) is 9.14. The first kappa shape index (κ1) is 19.4. The van der Waals surface area contributed by atoms with Gasteiger partial charge in [-0.1, -0.05) is 18.2 Å². The number of carbonyl (C=O) groups is 3. The topological polar surface area (TPSA) is 95.9 Å². The SMILES string of the molecule is O=C(Cc1ccc(C(=O)O)cc1)Nc1cccc(OCC(=O)N2CCCC2)c1. The fourth-order valence-corrected chi connectivity index (χ4v) is 3.02. The summed E-state index contributed by atoms with van der Waals surface area (Å²) in [5.74, 6) is -0.752. The second kappa shape index (κ2) is 9.03. The number of benzene rings is 2. The Kier molecular flexibility index (Phi) is 6.26. The fraction of sp³-hybridized carbons (Fsp3) is 0.286. The summed E-state index contributed by atoms with van der Waals surface area (Å²) in [5.41, 5.74) is 1.46. The van der Waals surface area contributed by atoms with Gasteiger partial charge in [-0.3, -0.25) is 9.59 Å². The van der Waals surface area contributed by atoms with E-state index in [0.29, 0.717) is 17.0 Å². The molecule has 0 aliphatic carbocycles. The van der Waals surface area contributed by atoms with Gasteiger partial charge in [0.1, 0.15) is 5.75 Å². The van der Waals surface area contributed by atoms with E-state index in [2.05, 4.69) is 5.32 Å². The maximum absolute atomic E-state index is 12.2. The fourth-order valence-electron chi connectivity index (χ4n) is 3.02. The molecule has 0 atom stereocenters. The number of aromatic carboxylic acids is 1. The molecule has 1 aliphatic rings. The first-order valence-corrected chi connectivity index (χ1v) is 9.14. The molecule has 7 nitrogen and oxygen atoms in total. The lowest BCUT2D eigenvalue weighted by Gasteiger charge is -2.15. The standard InChI is InChI=1S/C21H22N2O5/c24-19(12-15-6-8-16(9-7-15)21(26)27)22-17-4-3-5-18(13-17)28-14-20(25)23-10-1-2-11-23/h3-9,13H,1-2,10-12,14H2,(H,22,24)(H,26,27).